The van der Waals surface area contributed by atoms with Crippen LogP contribution in [0.15, 0.2) is 18.2 Å². The molecule has 5 heteroatoms. The summed E-state index contributed by atoms with van der Waals surface area (Å²) in [5.74, 6) is -0.552. The molecule has 0 aliphatic carbocycles. The zero-order valence-electron chi connectivity index (χ0n) is 10.7. The molecule has 5 nitrogen and oxygen atoms in total. The first kappa shape index (κ1) is 13.8. The Morgan fingerprint density at radius 1 is 1.50 bits per heavy atom. The van der Waals surface area contributed by atoms with Crippen LogP contribution in [0.2, 0.25) is 0 Å². The fourth-order valence-electron chi connectivity index (χ4n) is 1.27. The molecule has 0 fully saturated rings. The summed E-state index contributed by atoms with van der Waals surface area (Å²) in [4.78, 5) is 16.3. The van der Waals surface area contributed by atoms with E-state index in [-0.39, 0.29) is 23.3 Å². The summed E-state index contributed by atoms with van der Waals surface area (Å²) >= 11 is 0. The minimum absolute atomic E-state index is 0.141. The van der Waals surface area contributed by atoms with Gasteiger partial charge in [-0.15, -0.1) is 0 Å². The molecule has 1 rings (SSSR count). The van der Waals surface area contributed by atoms with Crippen LogP contribution in [0.25, 0.3) is 0 Å². The van der Waals surface area contributed by atoms with Crippen molar-refractivity contribution in [3.8, 4) is 11.8 Å². The van der Waals surface area contributed by atoms with Crippen LogP contribution in [0.1, 0.15) is 32.8 Å². The lowest BCUT2D eigenvalue weighted by Crippen LogP contribution is -2.18. The van der Waals surface area contributed by atoms with Gasteiger partial charge in [0.05, 0.1) is 18.1 Å². The molecule has 0 amide bonds. The first-order chi connectivity index (χ1) is 8.31. The van der Waals surface area contributed by atoms with E-state index in [1.54, 1.807) is 0 Å². The van der Waals surface area contributed by atoms with Crippen molar-refractivity contribution >= 4 is 11.7 Å². The number of nitriles is 1. The number of anilines is 1. The van der Waals surface area contributed by atoms with Crippen molar-refractivity contribution in [1.29, 1.82) is 5.26 Å². The molecule has 18 heavy (non-hydrogen) atoms. The Morgan fingerprint density at radius 3 is 2.67 bits per heavy atom. The minimum Gasteiger partial charge on any atom is -0.506 e. The van der Waals surface area contributed by atoms with Crippen LogP contribution in [0.5, 0.6) is 5.75 Å². The van der Waals surface area contributed by atoms with Crippen molar-refractivity contribution in [3.63, 3.8) is 0 Å². The van der Waals surface area contributed by atoms with Gasteiger partial charge in [0.25, 0.3) is 0 Å². The third kappa shape index (κ3) is 4.34. The number of aromatic hydroxyl groups is 1. The van der Waals surface area contributed by atoms with Crippen molar-refractivity contribution in [2.24, 2.45) is 5.41 Å². The summed E-state index contributed by atoms with van der Waals surface area (Å²) < 4.78 is 0. The van der Waals surface area contributed by atoms with Crippen LogP contribution >= 0.6 is 0 Å². The van der Waals surface area contributed by atoms with E-state index >= 15 is 0 Å². The largest absolute Gasteiger partial charge is 0.506 e. The number of phenols is 1. The van der Waals surface area contributed by atoms with Crippen LogP contribution in [0.4, 0.5) is 5.69 Å². The SMILES string of the molecule is CC(C)(C)CC(=O)ONc1ccc(C#N)cc1O. The number of hydrogen-bond donors (Lipinski definition) is 2. The zero-order chi connectivity index (χ0) is 13.8. The summed E-state index contributed by atoms with van der Waals surface area (Å²) in [5, 5.41) is 18.2. The van der Waals surface area contributed by atoms with Crippen molar-refractivity contribution in [2.45, 2.75) is 27.2 Å². The lowest BCUT2D eigenvalue weighted by Gasteiger charge is -2.16. The quantitative estimate of drug-likeness (QED) is 0.634. The number of benzene rings is 1. The fraction of sp³-hybridized carbons (Fsp3) is 0.385. The zero-order valence-corrected chi connectivity index (χ0v) is 10.7. The van der Waals surface area contributed by atoms with Crippen molar-refractivity contribution in [2.75, 3.05) is 5.48 Å². The average Bonchev–Trinajstić information content (AvgIpc) is 2.25. The second-order valence-corrected chi connectivity index (χ2v) is 5.16. The highest BCUT2D eigenvalue weighted by atomic mass is 16.7. The summed E-state index contributed by atoms with van der Waals surface area (Å²) in [6.45, 7) is 5.77. The third-order valence-corrected chi connectivity index (χ3v) is 2.08. The van der Waals surface area contributed by atoms with E-state index in [0.717, 1.165) is 0 Å². The van der Waals surface area contributed by atoms with Crippen molar-refractivity contribution in [1.82, 2.24) is 0 Å². The normalized spacial score (nSPS) is 10.6. The smallest absolute Gasteiger partial charge is 0.332 e. The standard InChI is InChI=1S/C13H16N2O3/c1-13(2,3)7-12(17)18-15-10-5-4-9(8-14)6-11(10)16/h4-6,15-16H,7H2,1-3H3. The van der Waals surface area contributed by atoms with Gasteiger partial charge in [0.1, 0.15) is 11.4 Å². The van der Waals surface area contributed by atoms with E-state index in [4.69, 9.17) is 10.1 Å². The monoisotopic (exact) mass is 248 g/mol. The van der Waals surface area contributed by atoms with E-state index < -0.39 is 5.97 Å². The lowest BCUT2D eigenvalue weighted by molar-refractivity contribution is -0.142. The molecule has 0 radical (unpaired) electrons. The van der Waals surface area contributed by atoms with Crippen LogP contribution in [0, 0.1) is 16.7 Å². The second-order valence-electron chi connectivity index (χ2n) is 5.16. The Kier molecular flexibility index (Phi) is 4.16. The molecule has 0 aliphatic rings. The summed E-state index contributed by atoms with van der Waals surface area (Å²) in [7, 11) is 0. The lowest BCUT2D eigenvalue weighted by atomic mass is 9.93. The highest BCUT2D eigenvalue weighted by Gasteiger charge is 2.17. The van der Waals surface area contributed by atoms with Crippen LogP contribution in [0.3, 0.4) is 0 Å². The van der Waals surface area contributed by atoms with Crippen molar-refractivity contribution in [3.05, 3.63) is 23.8 Å². The molecule has 0 aliphatic heterocycles. The molecule has 2 N–H and O–H groups in total. The van der Waals surface area contributed by atoms with Gasteiger partial charge in [0.15, 0.2) is 0 Å². The van der Waals surface area contributed by atoms with Gasteiger partial charge >= 0.3 is 5.97 Å². The molecule has 0 aromatic heterocycles. The minimum atomic E-state index is -0.411. The third-order valence-electron chi connectivity index (χ3n) is 2.08. The molecular formula is C13H16N2O3. The number of hydrogen-bond acceptors (Lipinski definition) is 5. The molecular weight excluding hydrogens is 232 g/mol. The van der Waals surface area contributed by atoms with E-state index in [1.165, 1.54) is 18.2 Å². The van der Waals surface area contributed by atoms with E-state index in [9.17, 15) is 9.90 Å². The molecule has 0 saturated heterocycles. The van der Waals surface area contributed by atoms with E-state index in [1.807, 2.05) is 26.8 Å². The Morgan fingerprint density at radius 2 is 2.17 bits per heavy atom. The van der Waals surface area contributed by atoms with Gasteiger partial charge < -0.3 is 9.94 Å². The number of nitrogens with zero attached hydrogens (tertiary/aromatic N) is 1. The average molecular weight is 248 g/mol. The molecule has 0 spiro atoms. The van der Waals surface area contributed by atoms with Crippen LogP contribution in [-0.2, 0) is 9.63 Å². The maximum Gasteiger partial charge on any atom is 0.332 e. The first-order valence-corrected chi connectivity index (χ1v) is 5.50. The van der Waals surface area contributed by atoms with Gasteiger partial charge in [0.2, 0.25) is 0 Å². The predicted molar refractivity (Wildman–Crippen MR) is 66.6 cm³/mol. The topological polar surface area (TPSA) is 82.3 Å². The number of nitrogens with one attached hydrogen (secondary N) is 1. The fourth-order valence-corrected chi connectivity index (χ4v) is 1.27. The molecule has 0 heterocycles. The predicted octanol–water partition coefficient (Wildman–Crippen LogP) is 2.57. The Labute approximate surface area is 106 Å². The Balaban J connectivity index is 2.59. The van der Waals surface area contributed by atoms with Gasteiger partial charge in [-0.1, -0.05) is 20.8 Å². The van der Waals surface area contributed by atoms with Gasteiger partial charge in [-0.2, -0.15) is 5.26 Å². The number of carbonyl (C=O) groups excluding carboxylic acids is 1. The first-order valence-electron chi connectivity index (χ1n) is 5.50. The van der Waals surface area contributed by atoms with Gasteiger partial charge in [-0.05, 0) is 23.6 Å². The molecule has 1 aromatic rings. The highest BCUT2D eigenvalue weighted by Crippen LogP contribution is 2.24. The summed E-state index contributed by atoms with van der Waals surface area (Å²) in [6.07, 6.45) is 0.261. The Bertz CT molecular complexity index is 484. The van der Waals surface area contributed by atoms with Gasteiger partial charge in [0, 0.05) is 0 Å². The van der Waals surface area contributed by atoms with Crippen LogP contribution in [-0.4, -0.2) is 11.1 Å². The summed E-state index contributed by atoms with van der Waals surface area (Å²) in [5.41, 5.74) is 2.80. The number of phenolic OH excluding ortho intramolecular Hbond substituents is 1. The molecule has 0 bridgehead atoms. The Hall–Kier alpha value is -2.22. The highest BCUT2D eigenvalue weighted by molar-refractivity contribution is 5.71. The molecule has 96 valence electrons. The van der Waals surface area contributed by atoms with Crippen molar-refractivity contribution < 1.29 is 14.7 Å². The summed E-state index contributed by atoms with van der Waals surface area (Å²) in [6, 6.07) is 6.17. The molecule has 1 aromatic carbocycles. The van der Waals surface area contributed by atoms with E-state index in [2.05, 4.69) is 5.48 Å². The molecule has 0 saturated carbocycles. The van der Waals surface area contributed by atoms with Crippen LogP contribution < -0.4 is 5.48 Å². The van der Waals surface area contributed by atoms with E-state index in [0.29, 0.717) is 5.56 Å². The maximum atomic E-state index is 11.4. The second kappa shape index (κ2) is 5.41. The number of rotatable bonds is 3. The number of carbonyl (C=O) groups is 1. The maximum absolute atomic E-state index is 11.4. The molecule has 0 unspecified atom stereocenters. The molecule has 0 atom stereocenters. The van der Waals surface area contributed by atoms with Gasteiger partial charge in [-0.25, -0.2) is 10.3 Å². The van der Waals surface area contributed by atoms with Gasteiger partial charge in [-0.3, -0.25) is 0 Å².